The molecule has 0 aromatic rings. The molecule has 0 spiro atoms. The molecule has 0 saturated carbocycles. The quantitative estimate of drug-likeness (QED) is 0.0884. The van der Waals surface area contributed by atoms with Crippen molar-refractivity contribution in [1.29, 1.82) is 0 Å². The average molecular weight is 536 g/mol. The maximum Gasteiger partial charge on any atom is 0.303 e. The summed E-state index contributed by atoms with van der Waals surface area (Å²) in [6.45, 7) is 4.95. The number of nitrogens with zero attached hydrogens (tertiary/aromatic N) is 1. The molecule has 0 aliphatic carbocycles. The van der Waals surface area contributed by atoms with E-state index in [0.717, 1.165) is 12.8 Å². The number of halogens is 1. The second-order valence-electron chi connectivity index (χ2n) is 11.0. The van der Waals surface area contributed by atoms with E-state index >= 15 is 0 Å². The van der Waals surface area contributed by atoms with Gasteiger partial charge in [-0.15, -0.1) is 17.0 Å². The summed E-state index contributed by atoms with van der Waals surface area (Å²) in [5.41, 5.74) is 0. The molecule has 3 nitrogen and oxygen atoms in total. The normalized spacial score (nSPS) is 11.5. The van der Waals surface area contributed by atoms with E-state index in [1.165, 1.54) is 146 Å². The summed E-state index contributed by atoms with van der Waals surface area (Å²) in [6, 6.07) is 0. The lowest BCUT2D eigenvalue weighted by atomic mass is 10.0. The topological polar surface area (TPSA) is 37.3 Å². The van der Waals surface area contributed by atoms with Crippen LogP contribution in [0.4, 0.5) is 0 Å². The molecule has 0 rings (SSSR count). The van der Waals surface area contributed by atoms with E-state index in [4.69, 9.17) is 5.11 Å². The van der Waals surface area contributed by atoms with Gasteiger partial charge in [-0.3, -0.25) is 4.79 Å². The first-order valence-corrected chi connectivity index (χ1v) is 14.5. The SMILES string of the molecule is Br.CCCCCCCCCCCCCCCC[N+](C)(C)CCCCCCCCCCC(=O)O. The van der Waals surface area contributed by atoms with E-state index in [2.05, 4.69) is 21.0 Å². The molecule has 0 aliphatic rings. The van der Waals surface area contributed by atoms with Crippen LogP contribution >= 0.6 is 17.0 Å². The van der Waals surface area contributed by atoms with E-state index in [1.54, 1.807) is 0 Å². The molecule has 0 fully saturated rings. The number of hydrogen-bond donors (Lipinski definition) is 1. The van der Waals surface area contributed by atoms with Gasteiger partial charge in [0.15, 0.2) is 0 Å². The van der Waals surface area contributed by atoms with Crippen molar-refractivity contribution in [1.82, 2.24) is 0 Å². The van der Waals surface area contributed by atoms with Crippen molar-refractivity contribution in [3.05, 3.63) is 0 Å². The van der Waals surface area contributed by atoms with Crippen LogP contribution in [0.2, 0.25) is 0 Å². The Morgan fingerprint density at radius 3 is 1.09 bits per heavy atom. The summed E-state index contributed by atoms with van der Waals surface area (Å²) in [5.74, 6) is -0.653. The Balaban J connectivity index is 0. The van der Waals surface area contributed by atoms with E-state index in [1.807, 2.05) is 0 Å². The molecule has 33 heavy (non-hydrogen) atoms. The van der Waals surface area contributed by atoms with Crippen molar-refractivity contribution < 1.29 is 14.4 Å². The molecule has 0 saturated heterocycles. The highest BCUT2D eigenvalue weighted by atomic mass is 79.9. The van der Waals surface area contributed by atoms with Crippen LogP contribution < -0.4 is 0 Å². The van der Waals surface area contributed by atoms with Crippen molar-refractivity contribution in [3.8, 4) is 0 Å². The van der Waals surface area contributed by atoms with Crippen LogP contribution in [0.25, 0.3) is 0 Å². The number of quaternary nitrogens is 1. The zero-order valence-electron chi connectivity index (χ0n) is 22.9. The van der Waals surface area contributed by atoms with Crippen molar-refractivity contribution >= 4 is 23.0 Å². The minimum atomic E-state index is -0.653. The standard InChI is InChI=1S/C29H59NO2.BrH/c1-4-5-6-7-8-9-10-11-12-13-15-18-21-24-27-30(2,3)28-25-22-19-16-14-17-20-23-26-29(31)32;/h4-28H2,1-3H3;1H/p+1. The Labute approximate surface area is 218 Å². The lowest BCUT2D eigenvalue weighted by molar-refractivity contribution is -0.890. The molecular formula is C29H61BrNO2+. The Bertz CT molecular complexity index is 401. The van der Waals surface area contributed by atoms with Gasteiger partial charge >= 0.3 is 5.97 Å². The summed E-state index contributed by atoms with van der Waals surface area (Å²) in [7, 11) is 4.81. The van der Waals surface area contributed by atoms with Crippen molar-refractivity contribution in [2.45, 2.75) is 155 Å². The highest BCUT2D eigenvalue weighted by molar-refractivity contribution is 8.93. The summed E-state index contributed by atoms with van der Waals surface area (Å²) in [5, 5.41) is 8.64. The van der Waals surface area contributed by atoms with Gasteiger partial charge in [0, 0.05) is 6.42 Å². The molecular weight excluding hydrogens is 474 g/mol. The van der Waals surface area contributed by atoms with Crippen LogP contribution in [0.3, 0.4) is 0 Å². The third-order valence-corrected chi connectivity index (χ3v) is 7.02. The number of unbranched alkanes of at least 4 members (excludes halogenated alkanes) is 20. The number of hydrogen-bond acceptors (Lipinski definition) is 1. The second kappa shape index (κ2) is 26.5. The number of rotatable bonds is 26. The number of aliphatic carboxylic acids is 1. The maximum atomic E-state index is 10.5. The van der Waals surface area contributed by atoms with Gasteiger partial charge in [-0.25, -0.2) is 0 Å². The van der Waals surface area contributed by atoms with Crippen LogP contribution in [0.5, 0.6) is 0 Å². The Kier molecular flexibility index (Phi) is 28.2. The fourth-order valence-corrected chi connectivity index (χ4v) is 4.72. The molecule has 0 aliphatic heterocycles. The van der Waals surface area contributed by atoms with E-state index in [9.17, 15) is 4.79 Å². The highest BCUT2D eigenvalue weighted by Crippen LogP contribution is 2.15. The van der Waals surface area contributed by atoms with E-state index < -0.39 is 5.97 Å². The van der Waals surface area contributed by atoms with Crippen LogP contribution in [0, 0.1) is 0 Å². The monoisotopic (exact) mass is 534 g/mol. The highest BCUT2D eigenvalue weighted by Gasteiger charge is 2.13. The zero-order chi connectivity index (χ0) is 23.8. The fraction of sp³-hybridized carbons (Fsp3) is 0.966. The molecule has 4 heteroatoms. The van der Waals surface area contributed by atoms with Crippen molar-refractivity contribution in [2.75, 3.05) is 27.2 Å². The van der Waals surface area contributed by atoms with Gasteiger partial charge in [-0.2, -0.15) is 0 Å². The molecule has 0 bridgehead atoms. The van der Waals surface area contributed by atoms with Gasteiger partial charge in [0.2, 0.25) is 0 Å². The van der Waals surface area contributed by atoms with Gasteiger partial charge in [0.1, 0.15) is 0 Å². The molecule has 200 valence electrons. The van der Waals surface area contributed by atoms with Gasteiger partial charge < -0.3 is 9.59 Å². The fourth-order valence-electron chi connectivity index (χ4n) is 4.72. The van der Waals surface area contributed by atoms with Crippen molar-refractivity contribution in [3.63, 3.8) is 0 Å². The number of carbonyl (C=O) groups is 1. The first kappa shape index (κ1) is 35.1. The Morgan fingerprint density at radius 2 is 0.788 bits per heavy atom. The minimum absolute atomic E-state index is 0. The van der Waals surface area contributed by atoms with Crippen LogP contribution in [0.15, 0.2) is 0 Å². The van der Waals surface area contributed by atoms with Crippen LogP contribution in [-0.4, -0.2) is 42.7 Å². The lowest BCUT2D eigenvalue weighted by Gasteiger charge is -2.30. The number of carboxylic acids is 1. The predicted molar refractivity (Wildman–Crippen MR) is 152 cm³/mol. The number of carboxylic acid groups (broad SMARTS) is 1. The Morgan fingerprint density at radius 1 is 0.515 bits per heavy atom. The van der Waals surface area contributed by atoms with Crippen LogP contribution in [0.1, 0.15) is 155 Å². The maximum absolute atomic E-state index is 10.5. The second-order valence-corrected chi connectivity index (χ2v) is 11.0. The molecule has 0 aromatic heterocycles. The molecule has 0 amide bonds. The molecule has 0 unspecified atom stereocenters. The predicted octanol–water partition coefficient (Wildman–Crippen LogP) is 9.72. The summed E-state index contributed by atoms with van der Waals surface area (Å²) >= 11 is 0. The smallest absolute Gasteiger partial charge is 0.303 e. The third kappa shape index (κ3) is 29.9. The van der Waals surface area contributed by atoms with Gasteiger partial charge in [-0.05, 0) is 32.1 Å². The Hall–Kier alpha value is -0.0900. The van der Waals surface area contributed by atoms with E-state index in [-0.39, 0.29) is 17.0 Å². The lowest BCUT2D eigenvalue weighted by Crippen LogP contribution is -2.41. The van der Waals surface area contributed by atoms with Crippen molar-refractivity contribution in [2.24, 2.45) is 0 Å². The largest absolute Gasteiger partial charge is 0.481 e. The van der Waals surface area contributed by atoms with Gasteiger partial charge in [0.25, 0.3) is 0 Å². The summed E-state index contributed by atoms with van der Waals surface area (Å²) < 4.78 is 1.19. The molecule has 1 N–H and O–H groups in total. The summed E-state index contributed by atoms with van der Waals surface area (Å²) in [6.07, 6.45) is 30.3. The third-order valence-electron chi connectivity index (χ3n) is 7.02. The zero-order valence-corrected chi connectivity index (χ0v) is 24.6. The van der Waals surface area contributed by atoms with E-state index in [0.29, 0.717) is 6.42 Å². The van der Waals surface area contributed by atoms with Gasteiger partial charge in [0.05, 0.1) is 27.2 Å². The van der Waals surface area contributed by atoms with Crippen LogP contribution in [-0.2, 0) is 4.79 Å². The first-order chi connectivity index (χ1) is 15.5. The average Bonchev–Trinajstić information content (AvgIpc) is 2.75. The minimum Gasteiger partial charge on any atom is -0.481 e. The summed E-state index contributed by atoms with van der Waals surface area (Å²) in [4.78, 5) is 10.5. The molecule has 0 radical (unpaired) electrons. The molecule has 0 heterocycles. The molecule has 0 atom stereocenters. The van der Waals surface area contributed by atoms with Gasteiger partial charge in [-0.1, -0.05) is 116 Å². The first-order valence-electron chi connectivity index (χ1n) is 14.5. The molecule has 0 aromatic carbocycles.